The zero-order valence-electron chi connectivity index (χ0n) is 11.8. The molecule has 1 saturated carbocycles. The summed E-state index contributed by atoms with van der Waals surface area (Å²) >= 11 is 5.23. The van der Waals surface area contributed by atoms with Gasteiger partial charge in [-0.15, -0.1) is 11.3 Å². The number of halogens is 1. The van der Waals surface area contributed by atoms with Gasteiger partial charge in [0.15, 0.2) is 0 Å². The molecule has 0 spiro atoms. The number of nitrogens with two attached hydrogens (primary N) is 1. The van der Waals surface area contributed by atoms with Crippen LogP contribution >= 0.6 is 27.3 Å². The summed E-state index contributed by atoms with van der Waals surface area (Å²) in [6.07, 6.45) is 1.23. The molecule has 0 aromatic carbocycles. The van der Waals surface area contributed by atoms with Gasteiger partial charge in [-0.2, -0.15) is 0 Å². The van der Waals surface area contributed by atoms with Gasteiger partial charge in [-0.3, -0.25) is 0 Å². The van der Waals surface area contributed by atoms with Crippen LogP contribution in [0.15, 0.2) is 15.9 Å². The van der Waals surface area contributed by atoms with Crippen molar-refractivity contribution in [2.24, 2.45) is 11.1 Å². The summed E-state index contributed by atoms with van der Waals surface area (Å²) in [5.41, 5.74) is 6.39. The molecular weight excluding hydrogens is 324 g/mol. The van der Waals surface area contributed by atoms with Crippen LogP contribution in [0.2, 0.25) is 0 Å². The van der Waals surface area contributed by atoms with Crippen molar-refractivity contribution in [3.05, 3.63) is 20.8 Å². The van der Waals surface area contributed by atoms with Crippen LogP contribution in [0, 0.1) is 5.41 Å². The molecule has 0 aliphatic heterocycles. The molecule has 19 heavy (non-hydrogen) atoms. The first kappa shape index (κ1) is 15.4. The number of ether oxygens (including phenoxy) is 1. The lowest BCUT2D eigenvalue weighted by atomic mass is 9.54. The Morgan fingerprint density at radius 1 is 1.58 bits per heavy atom. The molecule has 3 nitrogen and oxygen atoms in total. The summed E-state index contributed by atoms with van der Waals surface area (Å²) in [6, 6.07) is 2.15. The molecule has 0 saturated heterocycles. The predicted molar refractivity (Wildman–Crippen MR) is 84.5 cm³/mol. The van der Waals surface area contributed by atoms with Gasteiger partial charge in [0.25, 0.3) is 0 Å². The SMILES string of the molecule is CCOC1CC(N)(CNCc2cc(Br)cs2)C1(C)C. The van der Waals surface area contributed by atoms with Gasteiger partial charge in [-0.1, -0.05) is 13.8 Å². The van der Waals surface area contributed by atoms with Gasteiger partial charge >= 0.3 is 0 Å². The molecule has 1 aliphatic carbocycles. The van der Waals surface area contributed by atoms with Gasteiger partial charge in [-0.05, 0) is 35.3 Å². The van der Waals surface area contributed by atoms with Gasteiger partial charge in [0.1, 0.15) is 0 Å². The second-order valence-corrected chi connectivity index (χ2v) is 7.77. The molecule has 108 valence electrons. The third-order valence-corrected chi connectivity index (χ3v) is 6.06. The lowest BCUT2D eigenvalue weighted by molar-refractivity contribution is -0.148. The van der Waals surface area contributed by atoms with Crippen molar-refractivity contribution in [1.29, 1.82) is 0 Å². The van der Waals surface area contributed by atoms with Gasteiger partial charge < -0.3 is 15.8 Å². The zero-order chi connectivity index (χ0) is 14.1. The molecule has 1 heterocycles. The average Bonchev–Trinajstić information content (AvgIpc) is 2.75. The summed E-state index contributed by atoms with van der Waals surface area (Å²) in [5, 5.41) is 5.59. The fourth-order valence-electron chi connectivity index (χ4n) is 2.66. The van der Waals surface area contributed by atoms with Crippen LogP contribution in [0.4, 0.5) is 0 Å². The minimum atomic E-state index is -0.165. The fraction of sp³-hybridized carbons (Fsp3) is 0.714. The van der Waals surface area contributed by atoms with E-state index >= 15 is 0 Å². The first-order valence-corrected chi connectivity index (χ1v) is 8.40. The first-order chi connectivity index (χ1) is 8.89. The highest BCUT2D eigenvalue weighted by Crippen LogP contribution is 2.49. The molecule has 0 bridgehead atoms. The van der Waals surface area contributed by atoms with E-state index in [9.17, 15) is 0 Å². The monoisotopic (exact) mass is 346 g/mol. The van der Waals surface area contributed by atoms with E-state index in [1.807, 2.05) is 6.92 Å². The van der Waals surface area contributed by atoms with Crippen molar-refractivity contribution in [3.8, 4) is 0 Å². The highest BCUT2D eigenvalue weighted by Gasteiger charge is 2.58. The van der Waals surface area contributed by atoms with Crippen molar-refractivity contribution >= 4 is 27.3 Å². The van der Waals surface area contributed by atoms with Crippen molar-refractivity contribution in [3.63, 3.8) is 0 Å². The quantitative estimate of drug-likeness (QED) is 0.831. The van der Waals surface area contributed by atoms with Gasteiger partial charge in [0.2, 0.25) is 0 Å². The molecule has 3 N–H and O–H groups in total. The Hall–Kier alpha value is 0.0600. The topological polar surface area (TPSA) is 47.3 Å². The van der Waals surface area contributed by atoms with Crippen molar-refractivity contribution in [2.45, 2.75) is 45.4 Å². The van der Waals surface area contributed by atoms with Crippen molar-refractivity contribution in [2.75, 3.05) is 13.2 Å². The highest BCUT2D eigenvalue weighted by molar-refractivity contribution is 9.10. The Morgan fingerprint density at radius 3 is 2.84 bits per heavy atom. The normalized spacial score (nSPS) is 29.2. The summed E-state index contributed by atoms with van der Waals surface area (Å²) in [5.74, 6) is 0. The van der Waals surface area contributed by atoms with E-state index in [4.69, 9.17) is 10.5 Å². The number of hydrogen-bond donors (Lipinski definition) is 2. The van der Waals surface area contributed by atoms with E-state index in [0.29, 0.717) is 6.10 Å². The molecule has 1 aliphatic rings. The Labute approximate surface area is 128 Å². The molecule has 1 fully saturated rings. The van der Waals surface area contributed by atoms with Gasteiger partial charge in [0.05, 0.1) is 6.10 Å². The molecule has 5 heteroatoms. The largest absolute Gasteiger partial charge is 0.378 e. The molecule has 2 atom stereocenters. The molecule has 1 aromatic heterocycles. The highest BCUT2D eigenvalue weighted by atomic mass is 79.9. The van der Waals surface area contributed by atoms with Crippen LogP contribution < -0.4 is 11.1 Å². The third kappa shape index (κ3) is 3.05. The second kappa shape index (κ2) is 5.82. The lowest BCUT2D eigenvalue weighted by Crippen LogP contribution is -2.73. The van der Waals surface area contributed by atoms with Crippen molar-refractivity contribution in [1.82, 2.24) is 5.32 Å². The Bertz CT molecular complexity index is 435. The minimum absolute atomic E-state index is 0.0338. The van der Waals surface area contributed by atoms with Crippen LogP contribution in [-0.4, -0.2) is 24.8 Å². The Balaban J connectivity index is 1.83. The number of nitrogens with one attached hydrogen (secondary N) is 1. The fourth-order valence-corrected chi connectivity index (χ4v) is 4.08. The molecule has 2 unspecified atom stereocenters. The number of hydrogen-bond acceptors (Lipinski definition) is 4. The second-order valence-electron chi connectivity index (χ2n) is 5.86. The molecular formula is C14H23BrN2OS. The molecule has 1 aromatic rings. The molecule has 2 rings (SSSR count). The average molecular weight is 347 g/mol. The van der Waals surface area contributed by atoms with E-state index in [0.717, 1.165) is 30.6 Å². The third-order valence-electron chi connectivity index (χ3n) is 4.37. The van der Waals surface area contributed by atoms with E-state index in [-0.39, 0.29) is 11.0 Å². The van der Waals surface area contributed by atoms with Crippen molar-refractivity contribution < 1.29 is 4.74 Å². The standard InChI is InChI=1S/C14H23BrN2OS/c1-4-18-12-6-14(16,13(12,2)3)9-17-7-11-5-10(15)8-19-11/h5,8,12,17H,4,6-7,9,16H2,1-3H3. The summed E-state index contributed by atoms with van der Waals surface area (Å²) in [7, 11) is 0. The first-order valence-electron chi connectivity index (χ1n) is 6.73. The summed E-state index contributed by atoms with van der Waals surface area (Å²) < 4.78 is 6.89. The maximum atomic E-state index is 6.52. The summed E-state index contributed by atoms with van der Waals surface area (Å²) in [6.45, 7) is 8.94. The molecule has 0 radical (unpaired) electrons. The summed E-state index contributed by atoms with van der Waals surface area (Å²) in [4.78, 5) is 1.33. The van der Waals surface area contributed by atoms with E-state index in [1.165, 1.54) is 4.88 Å². The maximum Gasteiger partial charge on any atom is 0.0662 e. The van der Waals surface area contributed by atoms with Crippen LogP contribution in [-0.2, 0) is 11.3 Å². The van der Waals surface area contributed by atoms with Crippen LogP contribution in [0.25, 0.3) is 0 Å². The predicted octanol–water partition coefficient (Wildman–Crippen LogP) is 3.13. The Morgan fingerprint density at radius 2 is 2.32 bits per heavy atom. The van der Waals surface area contributed by atoms with Crippen LogP contribution in [0.5, 0.6) is 0 Å². The smallest absolute Gasteiger partial charge is 0.0662 e. The van der Waals surface area contributed by atoms with Gasteiger partial charge in [0, 0.05) is 45.4 Å². The lowest BCUT2D eigenvalue weighted by Gasteiger charge is -2.59. The Kier molecular flexibility index (Phi) is 4.73. The van der Waals surface area contributed by atoms with E-state index in [2.05, 4.69) is 46.5 Å². The minimum Gasteiger partial charge on any atom is -0.378 e. The van der Waals surface area contributed by atoms with Gasteiger partial charge in [-0.25, -0.2) is 0 Å². The number of rotatable bonds is 6. The van der Waals surface area contributed by atoms with E-state index in [1.54, 1.807) is 11.3 Å². The van der Waals surface area contributed by atoms with Crippen LogP contribution in [0.3, 0.4) is 0 Å². The number of thiophene rings is 1. The maximum absolute atomic E-state index is 6.52. The molecule has 0 amide bonds. The van der Waals surface area contributed by atoms with Crippen LogP contribution in [0.1, 0.15) is 32.1 Å². The zero-order valence-corrected chi connectivity index (χ0v) is 14.2. The van der Waals surface area contributed by atoms with E-state index < -0.39 is 0 Å².